The Kier molecular flexibility index (Phi) is 4.35. The summed E-state index contributed by atoms with van der Waals surface area (Å²) in [6.07, 6.45) is 0.926. The summed E-state index contributed by atoms with van der Waals surface area (Å²) in [7, 11) is 1.68. The van der Waals surface area contributed by atoms with E-state index in [0.29, 0.717) is 6.54 Å². The number of methoxy groups -OCH3 is 1. The van der Waals surface area contributed by atoms with Crippen molar-refractivity contribution in [2.75, 3.05) is 13.7 Å². The molecule has 0 unspecified atom stereocenters. The molecule has 0 radical (unpaired) electrons. The lowest BCUT2D eigenvalue weighted by molar-refractivity contribution is 0.415. The van der Waals surface area contributed by atoms with E-state index in [1.54, 1.807) is 7.11 Å². The Morgan fingerprint density at radius 1 is 1.13 bits per heavy atom. The van der Waals surface area contributed by atoms with Crippen LogP contribution in [0.1, 0.15) is 17.5 Å². The van der Waals surface area contributed by atoms with Crippen LogP contribution in [0.5, 0.6) is 5.75 Å². The second-order valence-corrected chi connectivity index (χ2v) is 5.89. The van der Waals surface area contributed by atoms with E-state index >= 15 is 0 Å². The van der Waals surface area contributed by atoms with Gasteiger partial charge in [-0.3, -0.25) is 0 Å². The maximum absolute atomic E-state index is 5.72. The molecule has 0 fully saturated rings. The number of nitrogens with two attached hydrogens (primary N) is 1. The predicted octanol–water partition coefficient (Wildman–Crippen LogP) is 3.68. The molecule has 2 N–H and O–H groups in total. The molecule has 4 heteroatoms. The second-order valence-electron chi connectivity index (χ2n) is 5.89. The molecule has 3 rings (SSSR count). The Hall–Kier alpha value is -2.33. The molecule has 0 bridgehead atoms. The first-order valence-corrected chi connectivity index (χ1v) is 7.96. The highest BCUT2D eigenvalue weighted by atomic mass is 16.5. The van der Waals surface area contributed by atoms with Gasteiger partial charge in [0.05, 0.1) is 18.1 Å². The van der Waals surface area contributed by atoms with E-state index in [4.69, 9.17) is 15.5 Å². The molecule has 1 aromatic heterocycles. The summed E-state index contributed by atoms with van der Waals surface area (Å²) >= 11 is 0. The van der Waals surface area contributed by atoms with E-state index in [2.05, 4.69) is 36.6 Å². The zero-order valence-electron chi connectivity index (χ0n) is 14.0. The van der Waals surface area contributed by atoms with Crippen molar-refractivity contribution in [1.82, 2.24) is 9.55 Å². The number of aryl methyl sites for hydroxylation is 3. The standard InChI is InChI=1S/C19H23N3O/c1-13-10-17-18(11-14(13)2)22(9-5-8-20)19(21-17)15-6-4-7-16(12-15)23-3/h4,6-7,10-12H,5,8-9,20H2,1-3H3. The normalized spacial score (nSPS) is 11.1. The van der Waals surface area contributed by atoms with E-state index < -0.39 is 0 Å². The Bertz CT molecular complexity index is 836. The molecule has 120 valence electrons. The lowest BCUT2D eigenvalue weighted by atomic mass is 10.1. The van der Waals surface area contributed by atoms with Crippen LogP contribution in [0.2, 0.25) is 0 Å². The highest BCUT2D eigenvalue weighted by Gasteiger charge is 2.14. The van der Waals surface area contributed by atoms with Crippen molar-refractivity contribution in [3.8, 4) is 17.1 Å². The molecule has 0 aliphatic rings. The fraction of sp³-hybridized carbons (Fsp3) is 0.316. The summed E-state index contributed by atoms with van der Waals surface area (Å²) in [6.45, 7) is 5.79. The van der Waals surface area contributed by atoms with Crippen LogP contribution in [0.3, 0.4) is 0 Å². The van der Waals surface area contributed by atoms with Gasteiger partial charge in [-0.25, -0.2) is 4.98 Å². The van der Waals surface area contributed by atoms with Gasteiger partial charge in [-0.05, 0) is 62.2 Å². The minimum absolute atomic E-state index is 0.669. The molecular weight excluding hydrogens is 286 g/mol. The fourth-order valence-electron chi connectivity index (χ4n) is 2.84. The first-order chi connectivity index (χ1) is 11.1. The second kappa shape index (κ2) is 6.42. The first kappa shape index (κ1) is 15.6. The lowest BCUT2D eigenvalue weighted by Gasteiger charge is -2.10. The predicted molar refractivity (Wildman–Crippen MR) is 94.9 cm³/mol. The van der Waals surface area contributed by atoms with Gasteiger partial charge < -0.3 is 15.0 Å². The number of benzene rings is 2. The number of aromatic nitrogens is 2. The van der Waals surface area contributed by atoms with Gasteiger partial charge >= 0.3 is 0 Å². The Labute approximate surface area is 136 Å². The summed E-state index contributed by atoms with van der Waals surface area (Å²) in [4.78, 5) is 4.88. The van der Waals surface area contributed by atoms with Gasteiger partial charge in [0.15, 0.2) is 0 Å². The fourth-order valence-corrected chi connectivity index (χ4v) is 2.84. The van der Waals surface area contributed by atoms with Crippen molar-refractivity contribution in [3.05, 3.63) is 47.5 Å². The van der Waals surface area contributed by atoms with E-state index in [1.807, 2.05) is 18.2 Å². The average molecular weight is 309 g/mol. The molecule has 3 aromatic rings. The molecule has 0 saturated heterocycles. The third kappa shape index (κ3) is 2.94. The molecule has 0 aliphatic carbocycles. The van der Waals surface area contributed by atoms with Gasteiger partial charge in [-0.2, -0.15) is 0 Å². The highest BCUT2D eigenvalue weighted by Crippen LogP contribution is 2.29. The van der Waals surface area contributed by atoms with Crippen LogP contribution in [-0.4, -0.2) is 23.2 Å². The molecular formula is C19H23N3O. The Balaban J connectivity index is 2.21. The van der Waals surface area contributed by atoms with Crippen LogP contribution in [0, 0.1) is 13.8 Å². The summed E-state index contributed by atoms with van der Waals surface area (Å²) < 4.78 is 7.62. The Morgan fingerprint density at radius 2 is 1.91 bits per heavy atom. The third-order valence-corrected chi connectivity index (χ3v) is 4.28. The minimum Gasteiger partial charge on any atom is -0.497 e. The van der Waals surface area contributed by atoms with Gasteiger partial charge in [0.1, 0.15) is 11.6 Å². The Morgan fingerprint density at radius 3 is 2.65 bits per heavy atom. The molecule has 0 atom stereocenters. The van der Waals surface area contributed by atoms with Crippen LogP contribution >= 0.6 is 0 Å². The minimum atomic E-state index is 0.669. The zero-order valence-corrected chi connectivity index (χ0v) is 14.0. The van der Waals surface area contributed by atoms with Gasteiger partial charge in [-0.1, -0.05) is 12.1 Å². The molecule has 2 aromatic carbocycles. The largest absolute Gasteiger partial charge is 0.497 e. The zero-order chi connectivity index (χ0) is 16.4. The number of rotatable bonds is 5. The smallest absolute Gasteiger partial charge is 0.141 e. The van der Waals surface area contributed by atoms with Crippen LogP contribution in [0.25, 0.3) is 22.4 Å². The summed E-state index contributed by atoms with van der Waals surface area (Å²) in [5.41, 5.74) is 11.5. The molecule has 4 nitrogen and oxygen atoms in total. The van der Waals surface area contributed by atoms with Crippen LogP contribution in [0.15, 0.2) is 36.4 Å². The topological polar surface area (TPSA) is 53.1 Å². The van der Waals surface area contributed by atoms with Crippen LogP contribution in [0.4, 0.5) is 0 Å². The average Bonchev–Trinajstić information content (AvgIpc) is 2.91. The number of ether oxygens (including phenoxy) is 1. The molecule has 0 amide bonds. The van der Waals surface area contributed by atoms with E-state index in [-0.39, 0.29) is 0 Å². The number of hydrogen-bond acceptors (Lipinski definition) is 3. The van der Waals surface area contributed by atoms with Crippen LogP contribution in [-0.2, 0) is 6.54 Å². The van der Waals surface area contributed by atoms with Crippen molar-refractivity contribution in [2.24, 2.45) is 5.73 Å². The van der Waals surface area contributed by atoms with Crippen molar-refractivity contribution in [2.45, 2.75) is 26.8 Å². The number of nitrogens with zero attached hydrogens (tertiary/aromatic N) is 2. The van der Waals surface area contributed by atoms with Gasteiger partial charge in [-0.15, -0.1) is 0 Å². The van der Waals surface area contributed by atoms with Crippen molar-refractivity contribution < 1.29 is 4.74 Å². The summed E-state index contributed by atoms with van der Waals surface area (Å²) in [5.74, 6) is 1.81. The maximum atomic E-state index is 5.72. The molecule has 0 saturated carbocycles. The third-order valence-electron chi connectivity index (χ3n) is 4.28. The van der Waals surface area contributed by atoms with E-state index in [1.165, 1.54) is 16.6 Å². The van der Waals surface area contributed by atoms with Gasteiger partial charge in [0, 0.05) is 12.1 Å². The van der Waals surface area contributed by atoms with Gasteiger partial charge in [0.2, 0.25) is 0 Å². The van der Waals surface area contributed by atoms with Crippen molar-refractivity contribution in [3.63, 3.8) is 0 Å². The highest BCUT2D eigenvalue weighted by molar-refractivity contribution is 5.82. The van der Waals surface area contributed by atoms with Crippen LogP contribution < -0.4 is 10.5 Å². The van der Waals surface area contributed by atoms with Gasteiger partial charge in [0.25, 0.3) is 0 Å². The molecule has 0 spiro atoms. The molecule has 23 heavy (non-hydrogen) atoms. The molecule has 1 heterocycles. The number of hydrogen-bond donors (Lipinski definition) is 1. The number of fused-ring (bicyclic) bond motifs is 1. The maximum Gasteiger partial charge on any atom is 0.141 e. The summed E-state index contributed by atoms with van der Waals surface area (Å²) in [5, 5.41) is 0. The monoisotopic (exact) mass is 309 g/mol. The van der Waals surface area contributed by atoms with E-state index in [9.17, 15) is 0 Å². The molecule has 0 aliphatic heterocycles. The van der Waals surface area contributed by atoms with Crippen molar-refractivity contribution >= 4 is 11.0 Å². The van der Waals surface area contributed by atoms with Crippen molar-refractivity contribution in [1.29, 1.82) is 0 Å². The lowest BCUT2D eigenvalue weighted by Crippen LogP contribution is -2.07. The van der Waals surface area contributed by atoms with E-state index in [0.717, 1.165) is 35.6 Å². The summed E-state index contributed by atoms with van der Waals surface area (Å²) in [6, 6.07) is 12.4. The SMILES string of the molecule is COc1cccc(-c2nc3cc(C)c(C)cc3n2CCCN)c1. The number of imidazole rings is 1. The quantitative estimate of drug-likeness (QED) is 0.782. The first-order valence-electron chi connectivity index (χ1n) is 7.96.